The van der Waals surface area contributed by atoms with E-state index in [1.54, 1.807) is 13.2 Å². The van der Waals surface area contributed by atoms with E-state index in [0.29, 0.717) is 16.7 Å². The van der Waals surface area contributed by atoms with Crippen LogP contribution in [0.3, 0.4) is 0 Å². The van der Waals surface area contributed by atoms with Crippen molar-refractivity contribution in [2.75, 3.05) is 30.4 Å². The summed E-state index contributed by atoms with van der Waals surface area (Å²) in [5.41, 5.74) is 2.68. The molecule has 0 radical (unpaired) electrons. The number of ether oxygens (including phenoxy) is 1. The number of rotatable bonds is 5. The predicted molar refractivity (Wildman–Crippen MR) is 110 cm³/mol. The van der Waals surface area contributed by atoms with Crippen molar-refractivity contribution in [2.45, 2.75) is 12.8 Å². The van der Waals surface area contributed by atoms with Crippen LogP contribution in [0.15, 0.2) is 54.6 Å². The third-order valence-corrected chi connectivity index (χ3v) is 4.86. The fraction of sp³-hybridized carbons (Fsp3) is 0.238. The van der Waals surface area contributed by atoms with Gasteiger partial charge in [-0.15, -0.1) is 0 Å². The number of methoxy groups -OCH3 is 1. The molecule has 4 rings (SSSR count). The zero-order chi connectivity index (χ0) is 18.6. The van der Waals surface area contributed by atoms with E-state index in [4.69, 9.17) is 26.3 Å². The second-order valence-corrected chi connectivity index (χ2v) is 6.90. The number of nitrogens with zero attached hydrogens (tertiary/aromatic N) is 3. The van der Waals surface area contributed by atoms with Gasteiger partial charge in [0.25, 0.3) is 0 Å². The minimum absolute atomic E-state index is 0.527. The Morgan fingerprint density at radius 1 is 1.00 bits per heavy atom. The van der Waals surface area contributed by atoms with Gasteiger partial charge in [-0.1, -0.05) is 41.9 Å². The normalized spacial score (nSPS) is 13.6. The van der Waals surface area contributed by atoms with Crippen LogP contribution in [0.25, 0.3) is 11.3 Å². The first-order valence-electron chi connectivity index (χ1n) is 9.03. The molecule has 1 N–H and O–H groups in total. The van der Waals surface area contributed by atoms with Crippen LogP contribution in [0.1, 0.15) is 12.8 Å². The maximum absolute atomic E-state index is 6.16. The second kappa shape index (κ2) is 7.84. The summed E-state index contributed by atoms with van der Waals surface area (Å²) in [5, 5.41) is 3.90. The molecular formula is C21H21ClN4O. The molecule has 0 atom stereocenters. The van der Waals surface area contributed by atoms with Gasteiger partial charge in [0.05, 0.1) is 18.5 Å². The zero-order valence-corrected chi connectivity index (χ0v) is 15.9. The van der Waals surface area contributed by atoms with Gasteiger partial charge in [-0.25, -0.2) is 4.98 Å². The number of nitrogens with one attached hydrogen (secondary N) is 1. The summed E-state index contributed by atoms with van der Waals surface area (Å²) in [6.07, 6.45) is 2.38. The van der Waals surface area contributed by atoms with Gasteiger partial charge < -0.3 is 15.0 Å². The number of hydrogen-bond acceptors (Lipinski definition) is 5. The molecule has 0 spiro atoms. The molecule has 1 aliphatic heterocycles. The summed E-state index contributed by atoms with van der Waals surface area (Å²) in [6.45, 7) is 2.04. The van der Waals surface area contributed by atoms with E-state index in [1.165, 1.54) is 12.8 Å². The summed E-state index contributed by atoms with van der Waals surface area (Å²) in [7, 11) is 1.63. The first-order valence-corrected chi connectivity index (χ1v) is 9.41. The van der Waals surface area contributed by atoms with Crippen molar-refractivity contribution in [3.05, 3.63) is 59.6 Å². The van der Waals surface area contributed by atoms with Crippen molar-refractivity contribution < 1.29 is 4.74 Å². The van der Waals surface area contributed by atoms with E-state index >= 15 is 0 Å². The first kappa shape index (κ1) is 17.6. The van der Waals surface area contributed by atoms with E-state index in [2.05, 4.69) is 28.4 Å². The lowest BCUT2D eigenvalue weighted by Gasteiger charge is -2.19. The number of anilines is 3. The molecular weight excluding hydrogens is 360 g/mol. The average Bonchev–Trinajstić information content (AvgIpc) is 3.24. The topological polar surface area (TPSA) is 50.3 Å². The molecule has 0 saturated carbocycles. The van der Waals surface area contributed by atoms with Gasteiger partial charge in [0.2, 0.25) is 5.95 Å². The molecule has 0 amide bonds. The van der Waals surface area contributed by atoms with Crippen LogP contribution in [0.2, 0.25) is 5.02 Å². The molecule has 3 aromatic rings. The molecule has 1 saturated heterocycles. The fourth-order valence-electron chi connectivity index (χ4n) is 3.25. The lowest BCUT2D eigenvalue weighted by atomic mass is 10.1. The molecule has 1 aliphatic rings. The molecule has 1 fully saturated rings. The molecule has 0 aliphatic carbocycles. The van der Waals surface area contributed by atoms with Crippen molar-refractivity contribution in [1.29, 1.82) is 0 Å². The third-order valence-electron chi connectivity index (χ3n) is 4.62. The van der Waals surface area contributed by atoms with Crippen LogP contribution < -0.4 is 15.0 Å². The zero-order valence-electron chi connectivity index (χ0n) is 15.2. The smallest absolute Gasteiger partial charge is 0.229 e. The summed E-state index contributed by atoms with van der Waals surface area (Å²) in [5.74, 6) is 2.15. The van der Waals surface area contributed by atoms with Gasteiger partial charge >= 0.3 is 0 Å². The molecule has 2 aromatic carbocycles. The lowest BCUT2D eigenvalue weighted by molar-refractivity contribution is 0.417. The van der Waals surface area contributed by atoms with Crippen molar-refractivity contribution in [2.24, 2.45) is 0 Å². The van der Waals surface area contributed by atoms with Gasteiger partial charge in [0.1, 0.15) is 11.6 Å². The Labute approximate surface area is 164 Å². The monoisotopic (exact) mass is 380 g/mol. The van der Waals surface area contributed by atoms with Crippen LogP contribution in [-0.2, 0) is 0 Å². The average molecular weight is 381 g/mol. The van der Waals surface area contributed by atoms with Gasteiger partial charge in [-0.05, 0) is 31.0 Å². The third kappa shape index (κ3) is 3.98. The Hall–Kier alpha value is -2.79. The van der Waals surface area contributed by atoms with E-state index in [1.807, 2.05) is 30.3 Å². The van der Waals surface area contributed by atoms with Crippen molar-refractivity contribution in [3.8, 4) is 17.0 Å². The Morgan fingerprint density at radius 3 is 2.52 bits per heavy atom. The quantitative estimate of drug-likeness (QED) is 0.663. The Balaban J connectivity index is 1.75. The molecule has 2 heterocycles. The highest BCUT2D eigenvalue weighted by atomic mass is 35.5. The van der Waals surface area contributed by atoms with E-state index in [0.717, 1.165) is 35.9 Å². The van der Waals surface area contributed by atoms with Crippen LogP contribution >= 0.6 is 11.6 Å². The van der Waals surface area contributed by atoms with E-state index in [9.17, 15) is 0 Å². The highest BCUT2D eigenvalue weighted by Crippen LogP contribution is 2.31. The van der Waals surface area contributed by atoms with Crippen molar-refractivity contribution in [1.82, 2.24) is 9.97 Å². The van der Waals surface area contributed by atoms with Crippen LogP contribution in [0.4, 0.5) is 17.5 Å². The fourth-order valence-corrected chi connectivity index (χ4v) is 3.43. The van der Waals surface area contributed by atoms with Crippen molar-refractivity contribution in [3.63, 3.8) is 0 Å². The second-order valence-electron chi connectivity index (χ2n) is 6.46. The molecule has 27 heavy (non-hydrogen) atoms. The first-order chi connectivity index (χ1) is 13.2. The maximum Gasteiger partial charge on any atom is 0.229 e. The summed E-state index contributed by atoms with van der Waals surface area (Å²) in [4.78, 5) is 11.8. The number of halogens is 1. The van der Waals surface area contributed by atoms with Crippen LogP contribution in [-0.4, -0.2) is 30.2 Å². The maximum atomic E-state index is 6.16. The summed E-state index contributed by atoms with van der Waals surface area (Å²) in [6, 6.07) is 17.6. The van der Waals surface area contributed by atoms with Crippen LogP contribution in [0.5, 0.6) is 5.75 Å². The Morgan fingerprint density at radius 2 is 1.78 bits per heavy atom. The molecule has 6 heteroatoms. The highest BCUT2D eigenvalue weighted by molar-refractivity contribution is 6.31. The van der Waals surface area contributed by atoms with Gasteiger partial charge in [-0.3, -0.25) is 0 Å². The SMILES string of the molecule is COc1ccc(Cl)cc1Nc1nc(-c2ccccc2)cc(N2CCCC2)n1. The molecule has 0 unspecified atom stereocenters. The van der Waals surface area contributed by atoms with Crippen molar-refractivity contribution >= 4 is 29.1 Å². The molecule has 0 bridgehead atoms. The standard InChI is InChI=1S/C21H21ClN4O/c1-27-19-10-9-16(22)13-18(19)24-21-23-17(15-7-3-2-4-8-15)14-20(25-21)26-11-5-6-12-26/h2-4,7-10,13-14H,5-6,11-12H2,1H3,(H,23,24,25). The predicted octanol–water partition coefficient (Wildman–Crippen LogP) is 5.15. The number of hydrogen-bond donors (Lipinski definition) is 1. The summed E-state index contributed by atoms with van der Waals surface area (Å²) < 4.78 is 5.43. The minimum Gasteiger partial charge on any atom is -0.495 e. The molecule has 5 nitrogen and oxygen atoms in total. The molecule has 1 aromatic heterocycles. The molecule has 138 valence electrons. The highest BCUT2D eigenvalue weighted by Gasteiger charge is 2.17. The van der Waals surface area contributed by atoms with E-state index in [-0.39, 0.29) is 0 Å². The Kier molecular flexibility index (Phi) is 5.12. The van der Waals surface area contributed by atoms with Gasteiger partial charge in [0, 0.05) is 29.7 Å². The largest absolute Gasteiger partial charge is 0.495 e. The lowest BCUT2D eigenvalue weighted by Crippen LogP contribution is -2.19. The van der Waals surface area contributed by atoms with Gasteiger partial charge in [-0.2, -0.15) is 4.98 Å². The van der Waals surface area contributed by atoms with Crippen LogP contribution in [0, 0.1) is 0 Å². The van der Waals surface area contributed by atoms with Gasteiger partial charge in [0.15, 0.2) is 0 Å². The van der Waals surface area contributed by atoms with E-state index < -0.39 is 0 Å². The summed E-state index contributed by atoms with van der Waals surface area (Å²) >= 11 is 6.16. The number of aromatic nitrogens is 2. The number of benzene rings is 2. The Bertz CT molecular complexity index is 927. The minimum atomic E-state index is 0.527.